The Kier molecular flexibility index (Phi) is 4.88. The number of aromatic nitrogens is 3. The summed E-state index contributed by atoms with van der Waals surface area (Å²) >= 11 is 0. The first-order valence-electron chi connectivity index (χ1n) is 6.99. The van der Waals surface area contributed by atoms with E-state index < -0.39 is 5.97 Å². The largest absolute Gasteiger partial charge is 0.480 e. The average molecular weight is 302 g/mol. The number of carboxylic acids is 1. The Morgan fingerprint density at radius 1 is 1.36 bits per heavy atom. The zero-order valence-corrected chi connectivity index (χ0v) is 12.6. The number of carbonyl (C=O) groups is 2. The predicted molar refractivity (Wildman–Crippen MR) is 79.9 cm³/mol. The zero-order valence-electron chi connectivity index (χ0n) is 12.6. The Hall–Kier alpha value is -2.70. The van der Waals surface area contributed by atoms with Crippen molar-refractivity contribution in [2.24, 2.45) is 0 Å². The van der Waals surface area contributed by atoms with Gasteiger partial charge in [0.25, 0.3) is 5.91 Å². The first-order valence-corrected chi connectivity index (χ1v) is 6.99. The molecule has 2 rings (SSSR count). The Balaban J connectivity index is 2.26. The van der Waals surface area contributed by atoms with Gasteiger partial charge in [0.05, 0.1) is 5.69 Å². The molecule has 0 saturated carbocycles. The Bertz CT molecular complexity index is 667. The van der Waals surface area contributed by atoms with E-state index in [2.05, 4.69) is 10.1 Å². The van der Waals surface area contributed by atoms with E-state index in [9.17, 15) is 9.59 Å². The van der Waals surface area contributed by atoms with Crippen LogP contribution in [0.4, 0.5) is 0 Å². The first-order chi connectivity index (χ1) is 10.5. The van der Waals surface area contributed by atoms with Gasteiger partial charge in [-0.25, -0.2) is 9.67 Å². The fourth-order valence-electron chi connectivity index (χ4n) is 2.25. The number of rotatable bonds is 6. The topological polar surface area (TPSA) is 88.3 Å². The molecule has 116 valence electrons. The molecule has 0 saturated heterocycles. The van der Waals surface area contributed by atoms with E-state index in [4.69, 9.17) is 5.11 Å². The molecular weight excluding hydrogens is 284 g/mol. The van der Waals surface area contributed by atoms with Crippen LogP contribution in [-0.2, 0) is 4.79 Å². The van der Waals surface area contributed by atoms with Crippen LogP contribution in [0.2, 0.25) is 0 Å². The summed E-state index contributed by atoms with van der Waals surface area (Å²) < 4.78 is 1.62. The molecule has 7 nitrogen and oxygen atoms in total. The van der Waals surface area contributed by atoms with Gasteiger partial charge in [-0.05, 0) is 37.1 Å². The van der Waals surface area contributed by atoms with Gasteiger partial charge in [0.2, 0.25) is 0 Å². The number of amides is 1. The number of aliphatic carboxylic acids is 1. The fraction of sp³-hybridized carbons (Fsp3) is 0.333. The molecule has 1 aromatic heterocycles. The molecule has 1 heterocycles. The van der Waals surface area contributed by atoms with E-state index in [-0.39, 0.29) is 12.5 Å². The van der Waals surface area contributed by atoms with E-state index in [0.717, 1.165) is 11.3 Å². The molecule has 22 heavy (non-hydrogen) atoms. The smallest absolute Gasteiger partial charge is 0.323 e. The van der Waals surface area contributed by atoms with Crippen molar-refractivity contribution in [2.45, 2.75) is 20.3 Å². The van der Waals surface area contributed by atoms with Crippen molar-refractivity contribution in [1.29, 1.82) is 0 Å². The van der Waals surface area contributed by atoms with Crippen molar-refractivity contribution in [3.8, 4) is 5.69 Å². The molecule has 0 aliphatic heterocycles. The molecule has 7 heteroatoms. The van der Waals surface area contributed by atoms with Gasteiger partial charge in [-0.1, -0.05) is 6.92 Å². The van der Waals surface area contributed by atoms with Gasteiger partial charge in [-0.2, -0.15) is 5.10 Å². The van der Waals surface area contributed by atoms with Gasteiger partial charge in [0, 0.05) is 12.1 Å². The number of carboxylic acid groups (broad SMARTS) is 1. The van der Waals surface area contributed by atoms with Crippen LogP contribution in [0.15, 0.2) is 30.9 Å². The highest BCUT2D eigenvalue weighted by molar-refractivity contribution is 5.96. The summed E-state index contributed by atoms with van der Waals surface area (Å²) in [4.78, 5) is 28.6. The third-order valence-corrected chi connectivity index (χ3v) is 3.22. The summed E-state index contributed by atoms with van der Waals surface area (Å²) in [6, 6.07) is 5.20. The normalized spacial score (nSPS) is 10.5. The molecule has 0 aliphatic carbocycles. The van der Waals surface area contributed by atoms with Crippen molar-refractivity contribution in [2.75, 3.05) is 13.1 Å². The van der Waals surface area contributed by atoms with Gasteiger partial charge in [-0.15, -0.1) is 0 Å². The SMILES string of the molecule is CCCN(CC(=O)O)C(=O)c1ccc(-n2cncn2)c(C)c1. The summed E-state index contributed by atoms with van der Waals surface area (Å²) in [5.74, 6) is -1.30. The van der Waals surface area contributed by atoms with E-state index in [0.29, 0.717) is 18.5 Å². The van der Waals surface area contributed by atoms with Gasteiger partial charge in [0.15, 0.2) is 0 Å². The molecule has 2 aromatic rings. The zero-order chi connectivity index (χ0) is 16.1. The summed E-state index contributed by atoms with van der Waals surface area (Å²) in [5.41, 5.74) is 2.16. The van der Waals surface area contributed by atoms with Crippen LogP contribution in [0.25, 0.3) is 5.69 Å². The quantitative estimate of drug-likeness (QED) is 0.874. The highest BCUT2D eigenvalue weighted by Gasteiger charge is 2.18. The number of aryl methyl sites for hydroxylation is 1. The van der Waals surface area contributed by atoms with Crippen LogP contribution in [0.3, 0.4) is 0 Å². The standard InChI is InChI=1S/C15H18N4O3/c1-3-6-18(8-14(20)21)15(22)12-4-5-13(11(2)7-12)19-10-16-9-17-19/h4-5,7,9-10H,3,6,8H2,1-2H3,(H,20,21). The monoisotopic (exact) mass is 302 g/mol. The molecule has 1 aromatic carbocycles. The fourth-order valence-corrected chi connectivity index (χ4v) is 2.25. The minimum atomic E-state index is -1.02. The molecule has 0 radical (unpaired) electrons. The van der Waals surface area contributed by atoms with Gasteiger partial charge < -0.3 is 10.0 Å². The predicted octanol–water partition coefficient (Wildman–Crippen LogP) is 1.51. The Morgan fingerprint density at radius 2 is 2.14 bits per heavy atom. The summed E-state index contributed by atoms with van der Waals surface area (Å²) in [5, 5.41) is 13.0. The second kappa shape index (κ2) is 6.84. The maximum atomic E-state index is 12.4. The lowest BCUT2D eigenvalue weighted by Crippen LogP contribution is -2.36. The van der Waals surface area contributed by atoms with Gasteiger partial charge in [-0.3, -0.25) is 9.59 Å². The van der Waals surface area contributed by atoms with Crippen molar-refractivity contribution in [3.63, 3.8) is 0 Å². The second-order valence-electron chi connectivity index (χ2n) is 4.96. The van der Waals surface area contributed by atoms with Crippen LogP contribution in [0.5, 0.6) is 0 Å². The molecule has 0 unspecified atom stereocenters. The van der Waals surface area contributed by atoms with Crippen molar-refractivity contribution >= 4 is 11.9 Å². The molecule has 0 fully saturated rings. The number of carbonyl (C=O) groups excluding carboxylic acids is 1. The lowest BCUT2D eigenvalue weighted by molar-refractivity contribution is -0.137. The van der Waals surface area contributed by atoms with E-state index in [1.54, 1.807) is 29.2 Å². The minimum Gasteiger partial charge on any atom is -0.480 e. The second-order valence-corrected chi connectivity index (χ2v) is 4.96. The van der Waals surface area contributed by atoms with Crippen LogP contribution in [0.1, 0.15) is 29.3 Å². The van der Waals surface area contributed by atoms with Crippen molar-refractivity contribution in [1.82, 2.24) is 19.7 Å². The first kappa shape index (κ1) is 15.7. The third-order valence-electron chi connectivity index (χ3n) is 3.22. The van der Waals surface area contributed by atoms with Gasteiger partial charge in [0.1, 0.15) is 19.2 Å². The highest BCUT2D eigenvalue weighted by Crippen LogP contribution is 2.16. The van der Waals surface area contributed by atoms with Crippen molar-refractivity contribution in [3.05, 3.63) is 42.0 Å². The van der Waals surface area contributed by atoms with Crippen LogP contribution < -0.4 is 0 Å². The molecular formula is C15H18N4O3. The number of benzene rings is 1. The van der Waals surface area contributed by atoms with E-state index in [1.165, 1.54) is 11.2 Å². The summed E-state index contributed by atoms with van der Waals surface area (Å²) in [6.07, 6.45) is 3.72. The molecule has 0 aliphatic rings. The number of nitrogens with zero attached hydrogens (tertiary/aromatic N) is 4. The van der Waals surface area contributed by atoms with Crippen LogP contribution in [-0.4, -0.2) is 49.7 Å². The van der Waals surface area contributed by atoms with E-state index in [1.807, 2.05) is 13.8 Å². The minimum absolute atomic E-state index is 0.280. The number of hydrogen-bond donors (Lipinski definition) is 1. The molecule has 0 atom stereocenters. The maximum Gasteiger partial charge on any atom is 0.323 e. The molecule has 0 spiro atoms. The summed E-state index contributed by atoms with van der Waals surface area (Å²) in [7, 11) is 0. The average Bonchev–Trinajstić information content (AvgIpc) is 2.99. The van der Waals surface area contributed by atoms with Crippen molar-refractivity contribution < 1.29 is 14.7 Å². The Morgan fingerprint density at radius 3 is 2.68 bits per heavy atom. The highest BCUT2D eigenvalue weighted by atomic mass is 16.4. The van der Waals surface area contributed by atoms with Crippen LogP contribution in [0, 0.1) is 6.92 Å². The molecule has 1 amide bonds. The molecule has 1 N–H and O–H groups in total. The Labute approximate surface area is 128 Å². The third kappa shape index (κ3) is 3.49. The molecule has 0 bridgehead atoms. The summed E-state index contributed by atoms with van der Waals surface area (Å²) in [6.45, 7) is 3.89. The lowest BCUT2D eigenvalue weighted by Gasteiger charge is -2.20. The number of hydrogen-bond acceptors (Lipinski definition) is 4. The van der Waals surface area contributed by atoms with E-state index >= 15 is 0 Å². The van der Waals surface area contributed by atoms with Gasteiger partial charge >= 0.3 is 5.97 Å². The maximum absolute atomic E-state index is 12.4. The van der Waals surface area contributed by atoms with Crippen LogP contribution >= 0.6 is 0 Å². The lowest BCUT2D eigenvalue weighted by atomic mass is 10.1.